The number of ether oxygens (including phenoxy) is 2. The zero-order valence-electron chi connectivity index (χ0n) is 14.0. The molecule has 0 radical (unpaired) electrons. The van der Waals surface area contributed by atoms with Gasteiger partial charge in [0.05, 0.1) is 20.3 Å². The molecule has 0 atom stereocenters. The summed E-state index contributed by atoms with van der Waals surface area (Å²) in [7, 11) is 3.22. The van der Waals surface area contributed by atoms with Gasteiger partial charge in [0.2, 0.25) is 0 Å². The molecule has 0 amide bonds. The van der Waals surface area contributed by atoms with Crippen molar-refractivity contribution in [2.75, 3.05) is 19.5 Å². The number of hydrogen-bond acceptors (Lipinski definition) is 3. The number of rotatable bonds is 5. The van der Waals surface area contributed by atoms with Gasteiger partial charge in [-0.2, -0.15) is 0 Å². The van der Waals surface area contributed by atoms with Crippen LogP contribution in [0, 0.1) is 0 Å². The predicted molar refractivity (Wildman–Crippen MR) is 97.0 cm³/mol. The van der Waals surface area contributed by atoms with Crippen LogP contribution in [0.25, 0.3) is 0 Å². The molecule has 126 valence electrons. The SMILES string of the molecule is COc1ccc(NC(N)=NC2CC(c3ccccc3)C2)cc1OC. The minimum absolute atomic E-state index is 0.280. The molecule has 0 spiro atoms. The molecular weight excluding hydrogens is 302 g/mol. The van der Waals surface area contributed by atoms with Crippen LogP contribution in [0.2, 0.25) is 0 Å². The van der Waals surface area contributed by atoms with Crippen LogP contribution in [0.1, 0.15) is 24.3 Å². The smallest absolute Gasteiger partial charge is 0.193 e. The van der Waals surface area contributed by atoms with Crippen molar-refractivity contribution in [2.45, 2.75) is 24.8 Å². The van der Waals surface area contributed by atoms with E-state index in [1.165, 1.54) is 5.56 Å². The van der Waals surface area contributed by atoms with Crippen LogP contribution >= 0.6 is 0 Å². The summed E-state index contributed by atoms with van der Waals surface area (Å²) in [5.74, 6) is 2.36. The molecule has 0 heterocycles. The van der Waals surface area contributed by atoms with Gasteiger partial charge in [0.15, 0.2) is 17.5 Å². The third-order valence-corrected chi connectivity index (χ3v) is 4.36. The summed E-state index contributed by atoms with van der Waals surface area (Å²) >= 11 is 0. The number of benzene rings is 2. The summed E-state index contributed by atoms with van der Waals surface area (Å²) < 4.78 is 10.5. The minimum atomic E-state index is 0.280. The monoisotopic (exact) mass is 325 g/mol. The third kappa shape index (κ3) is 3.62. The molecule has 1 saturated carbocycles. The van der Waals surface area contributed by atoms with E-state index in [0.717, 1.165) is 18.5 Å². The molecule has 1 aliphatic carbocycles. The molecule has 2 aromatic rings. The molecule has 5 heteroatoms. The first-order valence-electron chi connectivity index (χ1n) is 8.07. The van der Waals surface area contributed by atoms with Crippen molar-refractivity contribution in [1.82, 2.24) is 0 Å². The average molecular weight is 325 g/mol. The van der Waals surface area contributed by atoms with E-state index in [0.29, 0.717) is 23.4 Å². The molecule has 5 nitrogen and oxygen atoms in total. The maximum absolute atomic E-state index is 6.03. The zero-order valence-corrected chi connectivity index (χ0v) is 14.0. The Labute approximate surface area is 142 Å². The second-order valence-electron chi connectivity index (χ2n) is 5.94. The van der Waals surface area contributed by atoms with E-state index in [4.69, 9.17) is 15.2 Å². The predicted octanol–water partition coefficient (Wildman–Crippen LogP) is 3.38. The molecule has 0 aliphatic heterocycles. The number of hydrogen-bond donors (Lipinski definition) is 2. The van der Waals surface area contributed by atoms with E-state index in [-0.39, 0.29) is 6.04 Å². The van der Waals surface area contributed by atoms with Gasteiger partial charge in [-0.15, -0.1) is 0 Å². The van der Waals surface area contributed by atoms with Gasteiger partial charge in [-0.1, -0.05) is 30.3 Å². The van der Waals surface area contributed by atoms with Crippen molar-refractivity contribution in [2.24, 2.45) is 10.7 Å². The van der Waals surface area contributed by atoms with E-state index < -0.39 is 0 Å². The minimum Gasteiger partial charge on any atom is -0.493 e. The number of aliphatic imine (C=N–C) groups is 1. The van der Waals surface area contributed by atoms with E-state index in [1.54, 1.807) is 14.2 Å². The first-order chi connectivity index (χ1) is 11.7. The van der Waals surface area contributed by atoms with E-state index in [1.807, 2.05) is 24.3 Å². The highest BCUT2D eigenvalue weighted by atomic mass is 16.5. The molecule has 3 rings (SSSR count). The number of nitrogens with two attached hydrogens (primary N) is 1. The highest BCUT2D eigenvalue weighted by Crippen LogP contribution is 2.38. The Kier molecular flexibility index (Phi) is 4.89. The summed E-state index contributed by atoms with van der Waals surface area (Å²) in [5.41, 5.74) is 8.24. The fourth-order valence-corrected chi connectivity index (χ4v) is 2.98. The number of methoxy groups -OCH3 is 2. The first-order valence-corrected chi connectivity index (χ1v) is 8.07. The maximum atomic E-state index is 6.03. The van der Waals surface area contributed by atoms with Crippen LogP contribution in [0.3, 0.4) is 0 Å². The van der Waals surface area contributed by atoms with Crippen molar-refractivity contribution in [1.29, 1.82) is 0 Å². The van der Waals surface area contributed by atoms with Crippen molar-refractivity contribution in [3.63, 3.8) is 0 Å². The number of guanidine groups is 1. The van der Waals surface area contributed by atoms with Crippen LogP contribution in [-0.4, -0.2) is 26.2 Å². The molecule has 1 fully saturated rings. The number of nitrogens with zero attached hydrogens (tertiary/aromatic N) is 1. The van der Waals surface area contributed by atoms with Gasteiger partial charge in [-0.05, 0) is 36.5 Å². The molecular formula is C19H23N3O2. The van der Waals surface area contributed by atoms with Gasteiger partial charge in [0.25, 0.3) is 0 Å². The van der Waals surface area contributed by atoms with Gasteiger partial charge >= 0.3 is 0 Å². The highest BCUT2D eigenvalue weighted by molar-refractivity contribution is 5.92. The second-order valence-corrected chi connectivity index (χ2v) is 5.94. The number of anilines is 1. The summed E-state index contributed by atoms with van der Waals surface area (Å²) in [5, 5.41) is 3.11. The van der Waals surface area contributed by atoms with Crippen molar-refractivity contribution < 1.29 is 9.47 Å². The van der Waals surface area contributed by atoms with E-state index in [2.05, 4.69) is 34.6 Å². The Morgan fingerprint density at radius 1 is 1.04 bits per heavy atom. The third-order valence-electron chi connectivity index (χ3n) is 4.36. The fourth-order valence-electron chi connectivity index (χ4n) is 2.98. The molecule has 24 heavy (non-hydrogen) atoms. The number of nitrogens with one attached hydrogen (secondary N) is 1. The van der Waals surface area contributed by atoms with Crippen LogP contribution in [0.5, 0.6) is 11.5 Å². The standard InChI is InChI=1S/C19H23N3O2/c1-23-17-9-8-15(12-18(17)24-2)21-19(20)22-16-10-14(11-16)13-6-4-3-5-7-13/h3-9,12,14,16H,10-11H2,1-2H3,(H3,20,21,22). The average Bonchev–Trinajstić information content (AvgIpc) is 2.58. The normalized spacial score (nSPS) is 20.2. The molecule has 1 aliphatic rings. The van der Waals surface area contributed by atoms with Gasteiger partial charge in [0, 0.05) is 11.8 Å². The first kappa shape index (κ1) is 16.2. The van der Waals surface area contributed by atoms with Gasteiger partial charge in [-0.25, -0.2) is 4.99 Å². The summed E-state index contributed by atoms with van der Waals surface area (Å²) in [6, 6.07) is 16.4. The van der Waals surface area contributed by atoms with Crippen LogP contribution in [0.4, 0.5) is 5.69 Å². The zero-order chi connectivity index (χ0) is 16.9. The van der Waals surface area contributed by atoms with Crippen LogP contribution in [-0.2, 0) is 0 Å². The summed E-state index contributed by atoms with van der Waals surface area (Å²) in [4.78, 5) is 4.56. The largest absolute Gasteiger partial charge is 0.493 e. The van der Waals surface area contributed by atoms with Gasteiger partial charge < -0.3 is 20.5 Å². The lowest BCUT2D eigenvalue weighted by Crippen LogP contribution is -2.31. The fraction of sp³-hybridized carbons (Fsp3) is 0.316. The summed E-state index contributed by atoms with van der Waals surface area (Å²) in [6.07, 6.45) is 2.08. The van der Waals surface area contributed by atoms with E-state index >= 15 is 0 Å². The quantitative estimate of drug-likeness (QED) is 0.653. The molecule has 0 bridgehead atoms. The topological polar surface area (TPSA) is 68.9 Å². The van der Waals surface area contributed by atoms with E-state index in [9.17, 15) is 0 Å². The molecule has 3 N–H and O–H groups in total. The Morgan fingerprint density at radius 2 is 1.75 bits per heavy atom. The van der Waals surface area contributed by atoms with Crippen LogP contribution < -0.4 is 20.5 Å². The molecule has 0 saturated heterocycles. The molecule has 2 aromatic carbocycles. The Hall–Kier alpha value is -2.69. The lowest BCUT2D eigenvalue weighted by Gasteiger charge is -2.33. The second kappa shape index (κ2) is 7.25. The van der Waals surface area contributed by atoms with Gasteiger partial charge in [0.1, 0.15) is 0 Å². The Balaban J connectivity index is 1.58. The Morgan fingerprint density at radius 3 is 2.42 bits per heavy atom. The molecule has 0 unspecified atom stereocenters. The maximum Gasteiger partial charge on any atom is 0.193 e. The summed E-state index contributed by atoms with van der Waals surface area (Å²) in [6.45, 7) is 0. The van der Waals surface area contributed by atoms with Crippen LogP contribution in [0.15, 0.2) is 53.5 Å². The Bertz CT molecular complexity index is 710. The molecule has 0 aromatic heterocycles. The van der Waals surface area contributed by atoms with Crippen molar-refractivity contribution >= 4 is 11.6 Å². The highest BCUT2D eigenvalue weighted by Gasteiger charge is 2.30. The van der Waals surface area contributed by atoms with Gasteiger partial charge in [-0.3, -0.25) is 0 Å². The van der Waals surface area contributed by atoms with Crippen molar-refractivity contribution in [3.05, 3.63) is 54.1 Å². The lowest BCUT2D eigenvalue weighted by molar-refractivity contribution is 0.353. The lowest BCUT2D eigenvalue weighted by atomic mass is 9.76. The van der Waals surface area contributed by atoms with Crippen molar-refractivity contribution in [3.8, 4) is 11.5 Å².